The van der Waals surface area contributed by atoms with Crippen LogP contribution in [0.25, 0.3) is 22.0 Å². The summed E-state index contributed by atoms with van der Waals surface area (Å²) in [6, 6.07) is 11.2. The number of ether oxygens (including phenoxy) is 1. The summed E-state index contributed by atoms with van der Waals surface area (Å²) in [5, 5.41) is 3.51. The maximum absolute atomic E-state index is 16.3. The van der Waals surface area contributed by atoms with Crippen LogP contribution in [0.5, 0.6) is 5.75 Å². The summed E-state index contributed by atoms with van der Waals surface area (Å²) in [5.74, 6) is -0.0955. The molecular formula is C28H25ClF2N6O2. The number of carbonyl (C=O) groups excluding carboxylic acids is 1. The van der Waals surface area contributed by atoms with E-state index in [1.807, 2.05) is 11.0 Å². The summed E-state index contributed by atoms with van der Waals surface area (Å²) in [5.41, 5.74) is -0.241. The Balaban J connectivity index is 1.63. The molecule has 1 aliphatic heterocycles. The number of pyridine rings is 1. The number of carbonyl (C=O) groups is 1. The van der Waals surface area contributed by atoms with Gasteiger partial charge in [-0.05, 0) is 36.4 Å². The van der Waals surface area contributed by atoms with Crippen LogP contribution in [0.2, 0.25) is 5.02 Å². The molecule has 2 aromatic heterocycles. The van der Waals surface area contributed by atoms with E-state index in [9.17, 15) is 9.18 Å². The highest BCUT2D eigenvalue weighted by molar-refractivity contribution is 6.34. The molecule has 8 nitrogen and oxygen atoms in total. The lowest BCUT2D eigenvalue weighted by Crippen LogP contribution is -2.48. The van der Waals surface area contributed by atoms with Gasteiger partial charge in [-0.2, -0.15) is 0 Å². The predicted octanol–water partition coefficient (Wildman–Crippen LogP) is 5.08. The van der Waals surface area contributed by atoms with Crippen LogP contribution in [0.4, 0.5) is 20.4 Å². The largest absolute Gasteiger partial charge is 0.496 e. The van der Waals surface area contributed by atoms with Crippen molar-refractivity contribution in [1.82, 2.24) is 19.9 Å². The van der Waals surface area contributed by atoms with Gasteiger partial charge in [0.1, 0.15) is 28.7 Å². The summed E-state index contributed by atoms with van der Waals surface area (Å²) >= 11 is 6.60. The number of hydrogen-bond acceptors (Lipinski definition) is 7. The first-order valence-electron chi connectivity index (χ1n) is 12.2. The van der Waals surface area contributed by atoms with Gasteiger partial charge in [0.25, 0.3) is 0 Å². The molecule has 39 heavy (non-hydrogen) atoms. The number of benzene rings is 2. The van der Waals surface area contributed by atoms with Crippen molar-refractivity contribution in [2.75, 3.05) is 43.5 Å². The molecule has 0 aliphatic carbocycles. The minimum absolute atomic E-state index is 0.00641. The summed E-state index contributed by atoms with van der Waals surface area (Å²) in [6.07, 6.45) is 2.93. The molecule has 0 atom stereocenters. The van der Waals surface area contributed by atoms with E-state index in [1.165, 1.54) is 31.4 Å². The van der Waals surface area contributed by atoms with Gasteiger partial charge in [0.15, 0.2) is 11.6 Å². The molecule has 0 spiro atoms. The zero-order valence-electron chi connectivity index (χ0n) is 21.1. The molecule has 3 heterocycles. The number of rotatable bonds is 7. The van der Waals surface area contributed by atoms with Gasteiger partial charge in [-0.15, -0.1) is 0 Å². The van der Waals surface area contributed by atoms with E-state index in [0.29, 0.717) is 49.0 Å². The van der Waals surface area contributed by atoms with Crippen molar-refractivity contribution < 1.29 is 18.3 Å². The third-order valence-electron chi connectivity index (χ3n) is 6.51. The number of anilines is 2. The predicted molar refractivity (Wildman–Crippen MR) is 147 cm³/mol. The number of halogens is 3. The maximum Gasteiger partial charge on any atom is 0.246 e. The van der Waals surface area contributed by atoms with Crippen molar-refractivity contribution in [1.29, 1.82) is 0 Å². The van der Waals surface area contributed by atoms with Crippen molar-refractivity contribution in [3.63, 3.8) is 0 Å². The number of amides is 1. The second kappa shape index (κ2) is 11.2. The molecule has 1 aliphatic rings. The van der Waals surface area contributed by atoms with Gasteiger partial charge >= 0.3 is 0 Å². The topological polar surface area (TPSA) is 83.5 Å². The van der Waals surface area contributed by atoms with Crippen molar-refractivity contribution in [3.8, 4) is 16.9 Å². The van der Waals surface area contributed by atoms with Crippen molar-refractivity contribution in [2.24, 2.45) is 0 Å². The maximum atomic E-state index is 16.3. The van der Waals surface area contributed by atoms with Crippen molar-refractivity contribution in [3.05, 3.63) is 83.8 Å². The van der Waals surface area contributed by atoms with E-state index in [0.717, 1.165) is 0 Å². The lowest BCUT2D eigenvalue weighted by Gasteiger charge is -2.35. The Morgan fingerprint density at radius 2 is 1.92 bits per heavy atom. The third-order valence-corrected chi connectivity index (χ3v) is 6.81. The quantitative estimate of drug-likeness (QED) is 0.321. The third kappa shape index (κ3) is 5.20. The van der Waals surface area contributed by atoms with Gasteiger partial charge in [0.2, 0.25) is 5.91 Å². The van der Waals surface area contributed by atoms with Crippen LogP contribution in [0, 0.1) is 11.6 Å². The molecule has 0 radical (unpaired) electrons. The molecule has 1 saturated heterocycles. The van der Waals surface area contributed by atoms with Crippen LogP contribution in [0.15, 0.2) is 61.3 Å². The fourth-order valence-electron chi connectivity index (χ4n) is 4.60. The number of fused-ring (bicyclic) bond motifs is 1. The minimum atomic E-state index is -0.788. The van der Waals surface area contributed by atoms with Crippen LogP contribution in [-0.4, -0.2) is 59.0 Å². The number of nitrogens with zero attached hydrogens (tertiary/aromatic N) is 5. The average Bonchev–Trinajstić information content (AvgIpc) is 2.97. The van der Waals surface area contributed by atoms with E-state index < -0.39 is 11.6 Å². The minimum Gasteiger partial charge on any atom is -0.496 e. The Hall–Kier alpha value is -4.31. The molecule has 1 N–H and O–H groups in total. The molecule has 1 amide bonds. The van der Waals surface area contributed by atoms with Gasteiger partial charge in [-0.3, -0.25) is 4.79 Å². The Labute approximate surface area is 228 Å². The fraction of sp³-hybridized carbons (Fsp3) is 0.214. The van der Waals surface area contributed by atoms with Crippen LogP contribution in [0.1, 0.15) is 5.82 Å². The van der Waals surface area contributed by atoms with Crippen LogP contribution >= 0.6 is 11.6 Å². The highest BCUT2D eigenvalue weighted by atomic mass is 35.5. The molecule has 2 aromatic carbocycles. The number of hydrogen-bond donors (Lipinski definition) is 1. The summed E-state index contributed by atoms with van der Waals surface area (Å²) in [7, 11) is 1.38. The van der Waals surface area contributed by atoms with E-state index in [1.54, 1.807) is 29.3 Å². The first kappa shape index (κ1) is 26.3. The Morgan fingerprint density at radius 3 is 2.62 bits per heavy atom. The van der Waals surface area contributed by atoms with Crippen molar-refractivity contribution >= 4 is 40.0 Å². The molecule has 0 saturated carbocycles. The second-order valence-electron chi connectivity index (χ2n) is 8.81. The molecule has 11 heteroatoms. The van der Waals surface area contributed by atoms with Gasteiger partial charge in [0.05, 0.1) is 24.2 Å². The number of piperazine rings is 1. The average molecular weight is 551 g/mol. The summed E-state index contributed by atoms with van der Waals surface area (Å²) in [4.78, 5) is 29.2. The smallest absolute Gasteiger partial charge is 0.246 e. The molecule has 4 aromatic rings. The highest BCUT2D eigenvalue weighted by Crippen LogP contribution is 2.42. The Kier molecular flexibility index (Phi) is 7.56. The first-order chi connectivity index (χ1) is 18.9. The SMILES string of the molecule is C=CC(=O)N1CCN(c2nc(CNc3ccccn3)nc3c(F)c(-c4c(F)cccc4OC)c(Cl)cc23)CC1. The number of methoxy groups -OCH3 is 1. The standard InChI is InChI=1S/C28H25ClF2N6O2/c1-3-23(38)36-11-13-37(14-12-36)28-17-15-18(29)24(25-19(30)7-6-8-20(25)39-2)26(31)27(17)34-22(35-28)16-33-21-9-4-5-10-32-21/h3-10,15H,1,11-14,16H2,2H3,(H,32,33). The van der Waals surface area contributed by atoms with Crippen LogP contribution < -0.4 is 15.0 Å². The van der Waals surface area contributed by atoms with Gasteiger partial charge in [0, 0.05) is 43.3 Å². The lowest BCUT2D eigenvalue weighted by molar-refractivity contribution is -0.126. The van der Waals surface area contributed by atoms with Gasteiger partial charge in [-0.1, -0.05) is 30.3 Å². The zero-order valence-corrected chi connectivity index (χ0v) is 21.9. The number of aromatic nitrogens is 3. The first-order valence-corrected chi connectivity index (χ1v) is 12.6. The Bertz CT molecular complexity index is 1540. The normalized spacial score (nSPS) is 13.4. The molecule has 5 rings (SSSR count). The molecule has 0 unspecified atom stereocenters. The zero-order chi connectivity index (χ0) is 27.5. The fourth-order valence-corrected chi connectivity index (χ4v) is 4.88. The van der Waals surface area contributed by atoms with Crippen LogP contribution in [-0.2, 0) is 11.3 Å². The van der Waals surface area contributed by atoms with E-state index in [-0.39, 0.29) is 39.9 Å². The van der Waals surface area contributed by atoms with Crippen molar-refractivity contribution in [2.45, 2.75) is 6.54 Å². The van der Waals surface area contributed by atoms with Gasteiger partial charge < -0.3 is 19.9 Å². The van der Waals surface area contributed by atoms with E-state index in [2.05, 4.69) is 21.9 Å². The monoisotopic (exact) mass is 550 g/mol. The van der Waals surface area contributed by atoms with E-state index in [4.69, 9.17) is 21.3 Å². The van der Waals surface area contributed by atoms with Gasteiger partial charge in [-0.25, -0.2) is 23.7 Å². The molecule has 1 fully saturated rings. The summed E-state index contributed by atoms with van der Waals surface area (Å²) in [6.45, 7) is 5.52. The molecule has 0 bridgehead atoms. The summed E-state index contributed by atoms with van der Waals surface area (Å²) < 4.78 is 36.6. The van der Waals surface area contributed by atoms with E-state index >= 15 is 4.39 Å². The molecule has 200 valence electrons. The highest BCUT2D eigenvalue weighted by Gasteiger charge is 2.27. The van der Waals surface area contributed by atoms with Crippen LogP contribution in [0.3, 0.4) is 0 Å². The number of nitrogens with one attached hydrogen (secondary N) is 1. The second-order valence-corrected chi connectivity index (χ2v) is 9.22. The Morgan fingerprint density at radius 1 is 1.13 bits per heavy atom. The lowest BCUT2D eigenvalue weighted by atomic mass is 10.0. The molecular weight excluding hydrogens is 526 g/mol.